The molecular formula is C57H34N2OS. The molecule has 0 atom stereocenters. The first kappa shape index (κ1) is 34.1. The molecule has 0 aliphatic heterocycles. The Morgan fingerprint density at radius 2 is 1.05 bits per heavy atom. The van der Waals surface area contributed by atoms with Gasteiger partial charge in [-0.15, -0.1) is 11.3 Å². The number of thiophene rings is 1. The minimum Gasteiger partial charge on any atom is -0.456 e. The molecule has 9 aromatic carbocycles. The van der Waals surface area contributed by atoms with Crippen LogP contribution < -0.4 is 0 Å². The number of para-hydroxylation sites is 2. The summed E-state index contributed by atoms with van der Waals surface area (Å²) >= 11 is 1.86. The first-order chi connectivity index (χ1) is 30.2. The molecule has 0 bridgehead atoms. The molecule has 4 heteroatoms. The van der Waals surface area contributed by atoms with Crippen LogP contribution in [-0.4, -0.2) is 9.55 Å². The highest BCUT2D eigenvalue weighted by Crippen LogP contribution is 2.45. The second-order valence-electron chi connectivity index (χ2n) is 15.9. The lowest BCUT2D eigenvalue weighted by molar-refractivity contribution is 0.669. The molecule has 61 heavy (non-hydrogen) atoms. The average Bonchev–Trinajstić information content (AvgIpc) is 3.99. The summed E-state index contributed by atoms with van der Waals surface area (Å²) in [5.74, 6) is 0. The number of aromatic nitrogens is 2. The van der Waals surface area contributed by atoms with Gasteiger partial charge in [-0.1, -0.05) is 140 Å². The average molecular weight is 795 g/mol. The summed E-state index contributed by atoms with van der Waals surface area (Å²) in [5, 5.41) is 8.35. The molecule has 0 aliphatic rings. The van der Waals surface area contributed by atoms with Crippen LogP contribution in [0.3, 0.4) is 0 Å². The molecule has 0 radical (unpaired) electrons. The Morgan fingerprint density at radius 1 is 0.377 bits per heavy atom. The normalized spacial score (nSPS) is 11.9. The molecule has 0 amide bonds. The Kier molecular flexibility index (Phi) is 7.47. The minimum absolute atomic E-state index is 0.847. The topological polar surface area (TPSA) is 31.0 Å². The van der Waals surface area contributed by atoms with Crippen molar-refractivity contribution >= 4 is 86.2 Å². The molecule has 0 unspecified atom stereocenters. The zero-order chi connectivity index (χ0) is 40.0. The molecule has 0 aliphatic carbocycles. The number of furan rings is 1. The van der Waals surface area contributed by atoms with Crippen molar-refractivity contribution in [2.24, 2.45) is 0 Å². The highest BCUT2D eigenvalue weighted by Gasteiger charge is 2.21. The number of pyridine rings is 1. The van der Waals surface area contributed by atoms with Crippen LogP contribution in [-0.2, 0) is 0 Å². The maximum absolute atomic E-state index is 7.05. The van der Waals surface area contributed by atoms with Gasteiger partial charge in [0.2, 0.25) is 0 Å². The summed E-state index contributed by atoms with van der Waals surface area (Å²) < 4.78 is 12.1. The van der Waals surface area contributed by atoms with Crippen molar-refractivity contribution in [3.8, 4) is 50.3 Å². The highest BCUT2D eigenvalue weighted by molar-refractivity contribution is 7.25. The maximum Gasteiger partial charge on any atom is 0.137 e. The first-order valence-corrected chi connectivity index (χ1v) is 21.5. The molecule has 13 aromatic rings. The smallest absolute Gasteiger partial charge is 0.137 e. The molecule has 0 fully saturated rings. The predicted molar refractivity (Wildman–Crippen MR) is 258 cm³/mol. The fourth-order valence-corrected chi connectivity index (χ4v) is 10.6. The van der Waals surface area contributed by atoms with Gasteiger partial charge in [0.05, 0.1) is 22.2 Å². The van der Waals surface area contributed by atoms with Crippen molar-refractivity contribution < 1.29 is 4.42 Å². The van der Waals surface area contributed by atoms with Crippen molar-refractivity contribution in [3.05, 3.63) is 206 Å². The molecule has 0 saturated heterocycles. The maximum atomic E-state index is 7.05. The molecule has 0 saturated carbocycles. The van der Waals surface area contributed by atoms with E-state index in [0.29, 0.717) is 0 Å². The zero-order valence-electron chi connectivity index (χ0n) is 32.8. The fraction of sp³-hybridized carbons (Fsp3) is 0. The van der Waals surface area contributed by atoms with E-state index in [-0.39, 0.29) is 0 Å². The molecular weight excluding hydrogens is 761 g/mol. The van der Waals surface area contributed by atoms with Crippen LogP contribution in [0.1, 0.15) is 0 Å². The Labute approximate surface area is 355 Å². The van der Waals surface area contributed by atoms with Gasteiger partial charge in [-0.25, -0.2) is 4.98 Å². The van der Waals surface area contributed by atoms with Gasteiger partial charge < -0.3 is 8.98 Å². The predicted octanol–water partition coefficient (Wildman–Crippen LogP) is 16.3. The Bertz CT molecular complexity index is 3860. The number of hydrogen-bond acceptors (Lipinski definition) is 3. The van der Waals surface area contributed by atoms with Crippen molar-refractivity contribution in [1.82, 2.24) is 9.55 Å². The van der Waals surface area contributed by atoms with E-state index < -0.39 is 0 Å². The molecule has 4 aromatic heterocycles. The van der Waals surface area contributed by atoms with Gasteiger partial charge in [-0.2, -0.15) is 0 Å². The van der Waals surface area contributed by atoms with Gasteiger partial charge in [0, 0.05) is 64.4 Å². The largest absolute Gasteiger partial charge is 0.456 e. The summed E-state index contributed by atoms with van der Waals surface area (Å²) in [6.07, 6.45) is 0. The van der Waals surface area contributed by atoms with E-state index in [9.17, 15) is 0 Å². The van der Waals surface area contributed by atoms with Gasteiger partial charge in [0.1, 0.15) is 11.2 Å². The Balaban J connectivity index is 1.06. The number of nitrogens with zero attached hydrogens (tertiary/aromatic N) is 2. The zero-order valence-corrected chi connectivity index (χ0v) is 33.7. The SMILES string of the molecule is c1ccc(-c2ccc(-c3cc(-c4cc(-c5ccccc5)nc5ccccc45)c4c(c3)oc3cc(-n5c6ccccc6c6cc7sc8ccccc8c7cc65)ccc34)cc2)cc1. The quantitative estimate of drug-likeness (QED) is 0.174. The number of benzene rings is 9. The van der Waals surface area contributed by atoms with Crippen molar-refractivity contribution in [2.75, 3.05) is 0 Å². The Morgan fingerprint density at radius 3 is 1.87 bits per heavy atom. The summed E-state index contributed by atoms with van der Waals surface area (Å²) in [7, 11) is 0. The summed E-state index contributed by atoms with van der Waals surface area (Å²) in [6.45, 7) is 0. The van der Waals surface area contributed by atoms with Gasteiger partial charge in [-0.05, 0) is 94.0 Å². The van der Waals surface area contributed by atoms with Gasteiger partial charge >= 0.3 is 0 Å². The van der Waals surface area contributed by atoms with Crippen molar-refractivity contribution in [3.63, 3.8) is 0 Å². The van der Waals surface area contributed by atoms with E-state index >= 15 is 0 Å². The lowest BCUT2D eigenvalue weighted by atomic mass is 9.91. The molecule has 0 spiro atoms. The monoisotopic (exact) mass is 794 g/mol. The third-order valence-corrected chi connectivity index (χ3v) is 13.5. The van der Waals surface area contributed by atoms with E-state index in [1.807, 2.05) is 11.3 Å². The molecule has 284 valence electrons. The first-order valence-electron chi connectivity index (χ1n) is 20.7. The van der Waals surface area contributed by atoms with Crippen LogP contribution >= 0.6 is 11.3 Å². The van der Waals surface area contributed by atoms with Gasteiger partial charge in [0.25, 0.3) is 0 Å². The summed E-state index contributed by atoms with van der Waals surface area (Å²) in [4.78, 5) is 5.18. The summed E-state index contributed by atoms with van der Waals surface area (Å²) in [6, 6.07) is 74.2. The lowest BCUT2D eigenvalue weighted by Gasteiger charge is -2.14. The molecule has 0 N–H and O–H groups in total. The van der Waals surface area contributed by atoms with Gasteiger partial charge in [-0.3, -0.25) is 0 Å². The second kappa shape index (κ2) is 13.4. The van der Waals surface area contributed by atoms with E-state index in [0.717, 1.165) is 72.0 Å². The fourth-order valence-electron chi connectivity index (χ4n) is 9.52. The summed E-state index contributed by atoms with van der Waals surface area (Å²) in [5.41, 5.74) is 15.0. The number of hydrogen-bond donors (Lipinski definition) is 0. The van der Waals surface area contributed by atoms with Crippen molar-refractivity contribution in [2.45, 2.75) is 0 Å². The van der Waals surface area contributed by atoms with Crippen LogP contribution in [0.15, 0.2) is 211 Å². The van der Waals surface area contributed by atoms with E-state index in [2.05, 4.69) is 211 Å². The van der Waals surface area contributed by atoms with E-state index in [1.54, 1.807) is 0 Å². The van der Waals surface area contributed by atoms with Crippen LogP contribution in [0.25, 0.3) is 125 Å². The number of fused-ring (bicyclic) bond motifs is 10. The minimum atomic E-state index is 0.847. The lowest BCUT2D eigenvalue weighted by Crippen LogP contribution is -1.93. The number of rotatable bonds is 5. The molecule has 4 heterocycles. The van der Waals surface area contributed by atoms with Gasteiger partial charge in [0.15, 0.2) is 0 Å². The molecule has 3 nitrogen and oxygen atoms in total. The highest BCUT2D eigenvalue weighted by atomic mass is 32.1. The van der Waals surface area contributed by atoms with Crippen LogP contribution in [0.4, 0.5) is 0 Å². The molecule has 13 rings (SSSR count). The second-order valence-corrected chi connectivity index (χ2v) is 17.0. The van der Waals surface area contributed by atoms with E-state index in [1.165, 1.54) is 53.1 Å². The van der Waals surface area contributed by atoms with Crippen molar-refractivity contribution in [1.29, 1.82) is 0 Å². The Hall–Kier alpha value is -7.79. The standard InChI is InChI=1S/C57H34N2OS/c1-3-13-35(14-4-1)36-23-25-37(26-24-36)39-29-48(45-32-50(38-15-5-2-6-16-38)58-49-20-10-7-17-41(45)49)57-44-28-27-40(31-53(44)60-54(57)30-39)59-51-21-11-8-18-42(51)46-34-56-47(33-52(46)59)43-19-9-12-22-55(43)61-56/h1-34H. The van der Waals surface area contributed by atoms with Crippen LogP contribution in [0.2, 0.25) is 0 Å². The third-order valence-electron chi connectivity index (χ3n) is 12.4. The van der Waals surface area contributed by atoms with Crippen LogP contribution in [0.5, 0.6) is 0 Å². The third kappa shape index (κ3) is 5.39. The van der Waals surface area contributed by atoms with Crippen LogP contribution in [0, 0.1) is 0 Å². The van der Waals surface area contributed by atoms with E-state index in [4.69, 9.17) is 9.40 Å².